The Morgan fingerprint density at radius 3 is 2.79 bits per heavy atom. The molecule has 0 spiro atoms. The zero-order chi connectivity index (χ0) is 20.4. The van der Waals surface area contributed by atoms with Gasteiger partial charge in [0.1, 0.15) is 12.4 Å². The fourth-order valence-electron chi connectivity index (χ4n) is 2.63. The third-order valence-corrected chi connectivity index (χ3v) is 4.11. The highest BCUT2D eigenvalue weighted by Crippen LogP contribution is 2.24. The molecule has 2 heterocycles. The molecule has 9 nitrogen and oxygen atoms in total. The van der Waals surface area contributed by atoms with Crippen molar-refractivity contribution in [3.05, 3.63) is 59.9 Å². The van der Waals surface area contributed by atoms with Crippen molar-refractivity contribution in [2.24, 2.45) is 0 Å². The molecule has 0 saturated heterocycles. The zero-order valence-corrected chi connectivity index (χ0v) is 15.3. The Kier molecular flexibility index (Phi) is 4.73. The summed E-state index contributed by atoms with van der Waals surface area (Å²) in [6.07, 6.45) is 0. The molecular weight excluding hydrogens is 377 g/mol. The summed E-state index contributed by atoms with van der Waals surface area (Å²) >= 11 is 0. The first-order chi connectivity index (χ1) is 14.0. The number of halogens is 1. The van der Waals surface area contributed by atoms with Crippen LogP contribution in [-0.4, -0.2) is 31.0 Å². The summed E-state index contributed by atoms with van der Waals surface area (Å²) in [5, 5.41) is 14.3. The second-order valence-electron chi connectivity index (χ2n) is 6.33. The Morgan fingerprint density at radius 1 is 1.24 bits per heavy atom. The van der Waals surface area contributed by atoms with Crippen LogP contribution in [0.1, 0.15) is 5.56 Å². The van der Waals surface area contributed by atoms with Gasteiger partial charge in [-0.1, -0.05) is 46.3 Å². The van der Waals surface area contributed by atoms with Crippen LogP contribution in [0.5, 0.6) is 0 Å². The Labute approximate surface area is 164 Å². The molecular formula is C19H16FN7O2. The molecule has 4 rings (SSSR count). The maximum absolute atomic E-state index is 13.2. The molecule has 0 bridgehead atoms. The Hall–Kier alpha value is -4.08. The smallest absolute Gasteiger partial charge is 0.282 e. The van der Waals surface area contributed by atoms with E-state index in [0.717, 1.165) is 11.1 Å². The van der Waals surface area contributed by atoms with Crippen molar-refractivity contribution in [3.63, 3.8) is 0 Å². The van der Waals surface area contributed by atoms with Gasteiger partial charge in [-0.05, 0) is 25.1 Å². The average molecular weight is 393 g/mol. The molecule has 29 heavy (non-hydrogen) atoms. The minimum absolute atomic E-state index is 0.0925. The highest BCUT2D eigenvalue weighted by Gasteiger charge is 2.20. The van der Waals surface area contributed by atoms with E-state index in [1.54, 1.807) is 6.07 Å². The lowest BCUT2D eigenvalue weighted by atomic mass is 10.1. The summed E-state index contributed by atoms with van der Waals surface area (Å²) < 4.78 is 19.7. The zero-order valence-electron chi connectivity index (χ0n) is 15.3. The van der Waals surface area contributed by atoms with Gasteiger partial charge in [0.05, 0.1) is 0 Å². The average Bonchev–Trinajstić information content (AvgIpc) is 3.30. The largest absolute Gasteiger partial charge is 0.382 e. The van der Waals surface area contributed by atoms with E-state index >= 15 is 0 Å². The molecule has 4 aromatic rings. The number of amides is 1. The van der Waals surface area contributed by atoms with Crippen LogP contribution in [0.4, 0.5) is 15.9 Å². The number of hydrogen-bond donors (Lipinski definition) is 2. The number of nitrogen functional groups attached to an aromatic ring is 1. The topological polar surface area (TPSA) is 125 Å². The Bertz CT molecular complexity index is 1170. The summed E-state index contributed by atoms with van der Waals surface area (Å²) in [6.45, 7) is 1.77. The van der Waals surface area contributed by atoms with Gasteiger partial charge in [-0.3, -0.25) is 4.79 Å². The molecule has 146 valence electrons. The summed E-state index contributed by atoms with van der Waals surface area (Å²) in [5.74, 6) is -0.318. The number of nitrogens with zero attached hydrogens (tertiary/aromatic N) is 5. The van der Waals surface area contributed by atoms with Crippen LogP contribution in [0.2, 0.25) is 0 Å². The fourth-order valence-corrected chi connectivity index (χ4v) is 2.63. The van der Waals surface area contributed by atoms with Gasteiger partial charge in [0.25, 0.3) is 5.89 Å². The second kappa shape index (κ2) is 7.50. The summed E-state index contributed by atoms with van der Waals surface area (Å²) in [4.78, 5) is 16.5. The van der Waals surface area contributed by atoms with Gasteiger partial charge in [-0.2, -0.15) is 4.98 Å². The highest BCUT2D eigenvalue weighted by atomic mass is 19.1. The SMILES string of the molecule is Cc1ccc(-c2noc(-c3nnn(CC(=O)Nc4cccc(F)c4)c3N)n2)cc1. The van der Waals surface area contributed by atoms with Crippen molar-refractivity contribution >= 4 is 17.4 Å². The maximum atomic E-state index is 13.2. The molecule has 0 fully saturated rings. The second-order valence-corrected chi connectivity index (χ2v) is 6.33. The number of carbonyl (C=O) groups excluding carboxylic acids is 1. The lowest BCUT2D eigenvalue weighted by molar-refractivity contribution is -0.116. The molecule has 10 heteroatoms. The third-order valence-electron chi connectivity index (χ3n) is 4.11. The van der Waals surface area contributed by atoms with Gasteiger partial charge >= 0.3 is 0 Å². The van der Waals surface area contributed by atoms with Crippen molar-refractivity contribution in [1.82, 2.24) is 25.1 Å². The van der Waals surface area contributed by atoms with Gasteiger partial charge in [0, 0.05) is 11.3 Å². The van der Waals surface area contributed by atoms with Crippen LogP contribution >= 0.6 is 0 Å². The molecule has 2 aromatic heterocycles. The highest BCUT2D eigenvalue weighted by molar-refractivity contribution is 5.90. The minimum Gasteiger partial charge on any atom is -0.382 e. The van der Waals surface area contributed by atoms with Crippen molar-refractivity contribution in [3.8, 4) is 23.0 Å². The molecule has 0 aliphatic rings. The van der Waals surface area contributed by atoms with E-state index < -0.39 is 11.7 Å². The first-order valence-corrected chi connectivity index (χ1v) is 8.65. The molecule has 1 amide bonds. The van der Waals surface area contributed by atoms with E-state index in [0.29, 0.717) is 11.5 Å². The number of anilines is 2. The number of aryl methyl sites for hydroxylation is 1. The van der Waals surface area contributed by atoms with E-state index in [4.69, 9.17) is 10.3 Å². The fraction of sp³-hybridized carbons (Fsp3) is 0.105. The number of rotatable bonds is 5. The quantitative estimate of drug-likeness (QED) is 0.534. The Morgan fingerprint density at radius 2 is 2.03 bits per heavy atom. The molecule has 0 radical (unpaired) electrons. The monoisotopic (exact) mass is 393 g/mol. The normalized spacial score (nSPS) is 10.8. The van der Waals surface area contributed by atoms with Crippen molar-refractivity contribution < 1.29 is 13.7 Å². The minimum atomic E-state index is -0.453. The molecule has 3 N–H and O–H groups in total. The Balaban J connectivity index is 1.50. The predicted octanol–water partition coefficient (Wildman–Crippen LogP) is 2.66. The summed E-state index contributed by atoms with van der Waals surface area (Å²) in [5.41, 5.74) is 8.44. The van der Waals surface area contributed by atoms with Crippen LogP contribution in [0, 0.1) is 12.7 Å². The van der Waals surface area contributed by atoms with Crippen LogP contribution in [-0.2, 0) is 11.3 Å². The lowest BCUT2D eigenvalue weighted by Crippen LogP contribution is -2.20. The number of hydrogen-bond acceptors (Lipinski definition) is 7. The maximum Gasteiger partial charge on any atom is 0.282 e. The molecule has 2 aromatic carbocycles. The predicted molar refractivity (Wildman–Crippen MR) is 103 cm³/mol. The van der Waals surface area contributed by atoms with Gasteiger partial charge in [0.15, 0.2) is 11.5 Å². The van der Waals surface area contributed by atoms with Gasteiger partial charge in [0.2, 0.25) is 11.7 Å². The summed E-state index contributed by atoms with van der Waals surface area (Å²) in [6, 6.07) is 13.2. The summed E-state index contributed by atoms with van der Waals surface area (Å²) in [7, 11) is 0. The first-order valence-electron chi connectivity index (χ1n) is 8.65. The number of benzene rings is 2. The molecule has 0 saturated carbocycles. The molecule has 0 atom stereocenters. The number of aromatic nitrogens is 5. The van der Waals surface area contributed by atoms with Crippen LogP contribution in [0.3, 0.4) is 0 Å². The number of nitrogens with two attached hydrogens (primary N) is 1. The van der Waals surface area contributed by atoms with Gasteiger partial charge in [-0.25, -0.2) is 9.07 Å². The van der Waals surface area contributed by atoms with Crippen molar-refractivity contribution in [2.75, 3.05) is 11.1 Å². The van der Waals surface area contributed by atoms with Crippen molar-refractivity contribution in [1.29, 1.82) is 0 Å². The molecule has 0 aliphatic carbocycles. The van der Waals surface area contributed by atoms with Crippen LogP contribution < -0.4 is 11.1 Å². The van der Waals surface area contributed by atoms with Gasteiger partial charge < -0.3 is 15.6 Å². The molecule has 0 aliphatic heterocycles. The van der Waals surface area contributed by atoms with E-state index in [9.17, 15) is 9.18 Å². The van der Waals surface area contributed by atoms with Crippen LogP contribution in [0.15, 0.2) is 53.1 Å². The van der Waals surface area contributed by atoms with E-state index in [-0.39, 0.29) is 23.9 Å². The molecule has 0 unspecified atom stereocenters. The number of nitrogens with one attached hydrogen (secondary N) is 1. The van der Waals surface area contributed by atoms with E-state index in [1.807, 2.05) is 31.2 Å². The van der Waals surface area contributed by atoms with E-state index in [1.165, 1.54) is 22.9 Å². The lowest BCUT2D eigenvalue weighted by Gasteiger charge is -2.06. The van der Waals surface area contributed by atoms with Gasteiger partial charge in [-0.15, -0.1) is 5.10 Å². The first kappa shape index (κ1) is 18.3. The van der Waals surface area contributed by atoms with Crippen molar-refractivity contribution in [2.45, 2.75) is 13.5 Å². The third kappa shape index (κ3) is 3.95. The van der Waals surface area contributed by atoms with E-state index in [2.05, 4.69) is 25.8 Å². The standard InChI is InChI=1S/C19H16FN7O2/c1-11-5-7-12(8-6-11)18-23-19(29-25-18)16-17(21)27(26-24-16)10-15(28)22-14-4-2-3-13(20)9-14/h2-9H,10,21H2,1H3,(H,22,28). The number of carbonyl (C=O) groups is 1. The van der Waals surface area contributed by atoms with Crippen LogP contribution in [0.25, 0.3) is 23.0 Å².